The van der Waals surface area contributed by atoms with Gasteiger partial charge in [0.1, 0.15) is 5.69 Å². The highest BCUT2D eigenvalue weighted by atomic mass is 32.2. The predicted octanol–water partition coefficient (Wildman–Crippen LogP) is 4.50. The van der Waals surface area contributed by atoms with Crippen molar-refractivity contribution in [3.05, 3.63) is 47.4 Å². The number of aromatic nitrogens is 2. The molecular formula is C24H31F2N5O3S. The van der Waals surface area contributed by atoms with Gasteiger partial charge in [0.25, 0.3) is 5.91 Å². The Balaban J connectivity index is 1.84. The molecule has 190 valence electrons. The van der Waals surface area contributed by atoms with Gasteiger partial charge >= 0.3 is 0 Å². The summed E-state index contributed by atoms with van der Waals surface area (Å²) in [6, 6.07) is 2.28. The van der Waals surface area contributed by atoms with Gasteiger partial charge in [-0.15, -0.1) is 0 Å². The standard InChI is InChI=1S/C24H31F2N5O3S/c1-22(2,3)12-34-18-10-28-17(9-29-18)20(32)30-14-7-15(19(26)16(25)8-14)24(5)11-23(4,13-33-6)35-21(27)31-24/h7-10H,11-13H2,1-6H3,(H2,27,31)(H,30,32)/t23-,24+/m1/s1. The fraction of sp³-hybridized carbons (Fsp3) is 0.500. The maximum Gasteiger partial charge on any atom is 0.275 e. The van der Waals surface area contributed by atoms with Crippen LogP contribution in [-0.2, 0) is 10.3 Å². The van der Waals surface area contributed by atoms with Gasteiger partial charge in [0.05, 0.1) is 31.1 Å². The number of halogens is 2. The van der Waals surface area contributed by atoms with Gasteiger partial charge in [0.2, 0.25) is 5.88 Å². The summed E-state index contributed by atoms with van der Waals surface area (Å²) in [5.41, 5.74) is 4.84. The number of anilines is 1. The molecule has 0 radical (unpaired) electrons. The van der Waals surface area contributed by atoms with Gasteiger partial charge in [-0.05, 0) is 31.7 Å². The predicted molar refractivity (Wildman–Crippen MR) is 133 cm³/mol. The first-order chi connectivity index (χ1) is 16.2. The summed E-state index contributed by atoms with van der Waals surface area (Å²) in [5, 5.41) is 2.80. The van der Waals surface area contributed by atoms with E-state index < -0.39 is 27.8 Å². The first-order valence-electron chi connectivity index (χ1n) is 11.0. The van der Waals surface area contributed by atoms with E-state index in [1.54, 1.807) is 14.0 Å². The molecule has 0 unspecified atom stereocenters. The average molecular weight is 508 g/mol. The normalized spacial score (nSPS) is 22.5. The van der Waals surface area contributed by atoms with Crippen molar-refractivity contribution in [2.75, 3.05) is 25.6 Å². The Morgan fingerprint density at radius 1 is 1.23 bits per heavy atom. The second-order valence-corrected chi connectivity index (χ2v) is 11.9. The molecule has 8 nitrogen and oxygen atoms in total. The number of ether oxygens (including phenoxy) is 2. The van der Waals surface area contributed by atoms with E-state index in [2.05, 4.69) is 20.3 Å². The minimum atomic E-state index is -1.17. The summed E-state index contributed by atoms with van der Waals surface area (Å²) in [7, 11) is 1.56. The molecule has 11 heteroatoms. The van der Waals surface area contributed by atoms with Crippen LogP contribution in [0.2, 0.25) is 0 Å². The summed E-state index contributed by atoms with van der Waals surface area (Å²) in [6.07, 6.45) is 2.94. The number of amidine groups is 1. The number of aliphatic imine (C=N–C) groups is 1. The van der Waals surface area contributed by atoms with E-state index in [-0.39, 0.29) is 33.4 Å². The van der Waals surface area contributed by atoms with E-state index in [4.69, 9.17) is 15.2 Å². The quantitative estimate of drug-likeness (QED) is 0.567. The highest BCUT2D eigenvalue weighted by Gasteiger charge is 2.44. The van der Waals surface area contributed by atoms with E-state index >= 15 is 0 Å². The Hall–Kier alpha value is -2.79. The molecule has 1 aromatic carbocycles. The molecule has 3 N–H and O–H groups in total. The molecule has 1 aliphatic rings. The molecule has 0 saturated heterocycles. The molecule has 1 aromatic heterocycles. The van der Waals surface area contributed by atoms with Crippen LogP contribution in [0.5, 0.6) is 5.88 Å². The fourth-order valence-corrected chi connectivity index (χ4v) is 5.19. The third kappa shape index (κ3) is 6.66. The Morgan fingerprint density at radius 2 is 1.94 bits per heavy atom. The van der Waals surface area contributed by atoms with Gasteiger partial charge in [-0.25, -0.2) is 18.7 Å². The summed E-state index contributed by atoms with van der Waals surface area (Å²) < 4.78 is 39.9. The Morgan fingerprint density at radius 3 is 2.54 bits per heavy atom. The number of nitrogens with zero attached hydrogens (tertiary/aromatic N) is 3. The van der Waals surface area contributed by atoms with Gasteiger partial charge in [0.15, 0.2) is 16.8 Å². The molecule has 35 heavy (non-hydrogen) atoms. The topological polar surface area (TPSA) is 112 Å². The van der Waals surface area contributed by atoms with Crippen LogP contribution < -0.4 is 15.8 Å². The molecule has 1 aliphatic heterocycles. The lowest BCUT2D eigenvalue weighted by atomic mass is 9.83. The van der Waals surface area contributed by atoms with Crippen molar-refractivity contribution >= 4 is 28.5 Å². The van der Waals surface area contributed by atoms with Crippen LogP contribution in [0.4, 0.5) is 14.5 Å². The van der Waals surface area contributed by atoms with Crippen molar-refractivity contribution in [2.45, 2.75) is 51.3 Å². The Bertz CT molecular complexity index is 1120. The number of rotatable bonds is 7. The first kappa shape index (κ1) is 26.8. The number of hydrogen-bond acceptors (Lipinski definition) is 8. The van der Waals surface area contributed by atoms with Crippen LogP contribution in [0.3, 0.4) is 0 Å². The third-order valence-corrected chi connectivity index (χ3v) is 6.31. The smallest absolute Gasteiger partial charge is 0.275 e. The maximum atomic E-state index is 15.0. The minimum absolute atomic E-state index is 0.00500. The number of carbonyl (C=O) groups is 1. The minimum Gasteiger partial charge on any atom is -0.476 e. The molecule has 2 heterocycles. The van der Waals surface area contributed by atoms with Crippen LogP contribution in [0, 0.1) is 17.0 Å². The van der Waals surface area contributed by atoms with Gasteiger partial charge in [-0.2, -0.15) is 0 Å². The zero-order valence-corrected chi connectivity index (χ0v) is 21.6. The Labute approximate surface area is 208 Å². The maximum absolute atomic E-state index is 15.0. The summed E-state index contributed by atoms with van der Waals surface area (Å²) in [6.45, 7) is 10.4. The molecule has 3 rings (SSSR count). The van der Waals surface area contributed by atoms with E-state index in [1.165, 1.54) is 30.2 Å². The summed E-state index contributed by atoms with van der Waals surface area (Å²) >= 11 is 1.33. The zero-order chi connectivity index (χ0) is 26.0. The monoisotopic (exact) mass is 507 g/mol. The highest BCUT2D eigenvalue weighted by Crippen LogP contribution is 2.46. The average Bonchev–Trinajstić information content (AvgIpc) is 2.73. The summed E-state index contributed by atoms with van der Waals surface area (Å²) in [4.78, 5) is 25.3. The van der Waals surface area contributed by atoms with E-state index in [1.807, 2.05) is 27.7 Å². The molecule has 0 saturated carbocycles. The molecule has 0 bridgehead atoms. The number of thioether (sulfide) groups is 1. The van der Waals surface area contributed by atoms with Crippen LogP contribution >= 0.6 is 11.8 Å². The molecule has 2 aromatic rings. The van der Waals surface area contributed by atoms with Gasteiger partial charge in [0, 0.05) is 29.2 Å². The van der Waals surface area contributed by atoms with E-state index in [0.717, 1.165) is 6.07 Å². The van der Waals surface area contributed by atoms with Crippen LogP contribution in [-0.4, -0.2) is 46.1 Å². The van der Waals surface area contributed by atoms with E-state index in [9.17, 15) is 13.6 Å². The van der Waals surface area contributed by atoms with Crippen molar-refractivity contribution in [2.24, 2.45) is 16.1 Å². The third-order valence-electron chi connectivity index (χ3n) is 5.26. The van der Waals surface area contributed by atoms with E-state index in [0.29, 0.717) is 19.6 Å². The lowest BCUT2D eigenvalue weighted by molar-refractivity contribution is 0.102. The first-order valence-corrected chi connectivity index (χ1v) is 11.8. The summed E-state index contributed by atoms with van der Waals surface area (Å²) in [5.74, 6) is -2.51. The molecule has 1 amide bonds. The lowest BCUT2D eigenvalue weighted by Crippen LogP contribution is -2.43. The molecule has 2 atom stereocenters. The van der Waals surface area contributed by atoms with Crippen molar-refractivity contribution in [3.63, 3.8) is 0 Å². The molecular weight excluding hydrogens is 476 g/mol. The highest BCUT2D eigenvalue weighted by molar-refractivity contribution is 8.15. The molecule has 0 fully saturated rings. The van der Waals surface area contributed by atoms with Crippen LogP contribution in [0.15, 0.2) is 29.5 Å². The van der Waals surface area contributed by atoms with Gasteiger partial charge in [-0.1, -0.05) is 32.5 Å². The van der Waals surface area contributed by atoms with Gasteiger partial charge in [-0.3, -0.25) is 9.79 Å². The second kappa shape index (κ2) is 10.1. The van der Waals surface area contributed by atoms with Crippen molar-refractivity contribution in [1.29, 1.82) is 0 Å². The number of hydrogen-bond donors (Lipinski definition) is 2. The van der Waals surface area contributed by atoms with Gasteiger partial charge < -0.3 is 20.5 Å². The number of nitrogens with two attached hydrogens (primary N) is 1. The number of amides is 1. The number of carbonyl (C=O) groups excluding carboxylic acids is 1. The second-order valence-electron chi connectivity index (χ2n) is 10.2. The largest absolute Gasteiger partial charge is 0.476 e. The number of nitrogens with one attached hydrogen (secondary N) is 1. The van der Waals surface area contributed by atoms with Crippen molar-refractivity contribution in [3.8, 4) is 5.88 Å². The molecule has 0 aliphatic carbocycles. The fourth-order valence-electron chi connectivity index (χ4n) is 3.91. The van der Waals surface area contributed by atoms with Crippen LogP contribution in [0.1, 0.15) is 57.1 Å². The lowest BCUT2D eigenvalue weighted by Gasteiger charge is -2.41. The SMILES string of the molecule is COC[C@@]1(C)C[C@@](C)(c2cc(NC(=O)c3cnc(OCC(C)(C)C)cn3)cc(F)c2F)N=C(N)S1. The van der Waals surface area contributed by atoms with Crippen molar-refractivity contribution < 1.29 is 23.0 Å². The number of benzene rings is 1. The molecule has 0 spiro atoms. The Kier molecular flexibility index (Phi) is 7.71. The number of methoxy groups -OCH3 is 1. The van der Waals surface area contributed by atoms with Crippen LogP contribution in [0.25, 0.3) is 0 Å². The van der Waals surface area contributed by atoms with Crippen molar-refractivity contribution in [1.82, 2.24) is 9.97 Å². The zero-order valence-electron chi connectivity index (χ0n) is 20.7.